The molecule has 2 heterocycles. The molecular formula is C27H19ClIN3O4. The molecule has 3 aromatic carbocycles. The van der Waals surface area contributed by atoms with Crippen molar-refractivity contribution in [3.05, 3.63) is 97.8 Å². The van der Waals surface area contributed by atoms with E-state index in [0.29, 0.717) is 50.9 Å². The highest BCUT2D eigenvalue weighted by atomic mass is 127. The van der Waals surface area contributed by atoms with Crippen LogP contribution in [-0.4, -0.2) is 29.6 Å². The molecule has 0 saturated heterocycles. The molecule has 0 aliphatic carbocycles. The molecule has 5 aromatic rings. The number of hydrogen-bond acceptors (Lipinski definition) is 6. The van der Waals surface area contributed by atoms with Crippen LogP contribution in [0.25, 0.3) is 33.5 Å². The largest absolute Gasteiger partial charge is 0.493 e. The number of halogens is 2. The second-order valence-corrected chi connectivity index (χ2v) is 9.34. The van der Waals surface area contributed by atoms with Crippen LogP contribution in [0.5, 0.6) is 11.5 Å². The van der Waals surface area contributed by atoms with E-state index in [0.717, 1.165) is 8.96 Å². The fraction of sp³-hybridized carbons (Fsp3) is 0.0741. The van der Waals surface area contributed by atoms with Gasteiger partial charge >= 0.3 is 0 Å². The average Bonchev–Trinajstić information content (AvgIpc) is 3.30. The van der Waals surface area contributed by atoms with Crippen molar-refractivity contribution in [1.29, 1.82) is 0 Å². The molecule has 9 heteroatoms. The van der Waals surface area contributed by atoms with Gasteiger partial charge in [0.05, 0.1) is 27.8 Å². The lowest BCUT2D eigenvalue weighted by Gasteiger charge is -2.12. The highest BCUT2D eigenvalue weighted by molar-refractivity contribution is 14.1. The minimum absolute atomic E-state index is 0.273. The summed E-state index contributed by atoms with van der Waals surface area (Å²) in [7, 11) is 1.57. The first kappa shape index (κ1) is 24.1. The monoisotopic (exact) mass is 611 g/mol. The van der Waals surface area contributed by atoms with E-state index < -0.39 is 0 Å². The van der Waals surface area contributed by atoms with Gasteiger partial charge in [0, 0.05) is 10.4 Å². The molecule has 0 bridgehead atoms. The van der Waals surface area contributed by atoms with Crippen LogP contribution < -0.4 is 15.0 Å². The summed E-state index contributed by atoms with van der Waals surface area (Å²) in [6.07, 6.45) is 3.24. The van der Waals surface area contributed by atoms with Gasteiger partial charge in [-0.2, -0.15) is 9.78 Å². The van der Waals surface area contributed by atoms with Crippen LogP contribution in [0.15, 0.2) is 87.6 Å². The first-order valence-corrected chi connectivity index (χ1v) is 12.3. The summed E-state index contributed by atoms with van der Waals surface area (Å²) in [5.41, 5.74) is 1.56. The highest BCUT2D eigenvalue weighted by Crippen LogP contribution is 2.34. The van der Waals surface area contributed by atoms with Gasteiger partial charge in [0.1, 0.15) is 12.2 Å². The number of benzene rings is 3. The van der Waals surface area contributed by atoms with Gasteiger partial charge in [0.25, 0.3) is 5.56 Å². The molecule has 180 valence electrons. The lowest BCUT2D eigenvalue weighted by Crippen LogP contribution is -2.20. The van der Waals surface area contributed by atoms with Crippen molar-refractivity contribution >= 4 is 62.3 Å². The Labute approximate surface area is 224 Å². The van der Waals surface area contributed by atoms with Crippen LogP contribution in [0, 0.1) is 3.57 Å². The zero-order valence-corrected chi connectivity index (χ0v) is 22.0. The fourth-order valence-electron chi connectivity index (χ4n) is 3.74. The number of furan rings is 1. The summed E-state index contributed by atoms with van der Waals surface area (Å²) < 4.78 is 19.3. The summed E-state index contributed by atoms with van der Waals surface area (Å²) in [5, 5.41) is 6.34. The van der Waals surface area contributed by atoms with Gasteiger partial charge in [0.15, 0.2) is 17.3 Å². The second kappa shape index (κ2) is 10.2. The van der Waals surface area contributed by atoms with Crippen molar-refractivity contribution in [3.8, 4) is 23.1 Å². The van der Waals surface area contributed by atoms with Crippen molar-refractivity contribution in [1.82, 2.24) is 9.66 Å². The third kappa shape index (κ3) is 4.61. The molecule has 0 N–H and O–H groups in total. The lowest BCUT2D eigenvalue weighted by molar-refractivity contribution is 0.324. The van der Waals surface area contributed by atoms with Gasteiger partial charge in [-0.3, -0.25) is 4.79 Å². The Morgan fingerprint density at radius 1 is 1.19 bits per heavy atom. The molecule has 0 spiro atoms. The molecule has 36 heavy (non-hydrogen) atoms. The number of hydrogen-bond donors (Lipinski definition) is 0. The van der Waals surface area contributed by atoms with Crippen LogP contribution >= 0.6 is 34.2 Å². The predicted octanol–water partition coefficient (Wildman–Crippen LogP) is 6.52. The van der Waals surface area contributed by atoms with Crippen LogP contribution in [-0.2, 0) is 0 Å². The quantitative estimate of drug-likeness (QED) is 0.119. The van der Waals surface area contributed by atoms with Crippen molar-refractivity contribution in [2.45, 2.75) is 0 Å². The number of aromatic nitrogens is 2. The maximum atomic E-state index is 13.5. The Bertz CT molecular complexity index is 1710. The summed E-state index contributed by atoms with van der Waals surface area (Å²) in [6.45, 7) is 4.03. The predicted molar refractivity (Wildman–Crippen MR) is 151 cm³/mol. The van der Waals surface area contributed by atoms with E-state index in [-0.39, 0.29) is 11.4 Å². The minimum Gasteiger partial charge on any atom is -0.493 e. The first-order chi connectivity index (χ1) is 17.5. The molecule has 5 rings (SSSR count). The van der Waals surface area contributed by atoms with Crippen LogP contribution in [0.4, 0.5) is 0 Å². The summed E-state index contributed by atoms with van der Waals surface area (Å²) >= 11 is 8.31. The number of para-hydroxylation sites is 1. The fourth-order valence-corrected chi connectivity index (χ4v) is 4.70. The lowest BCUT2D eigenvalue weighted by atomic mass is 10.2. The van der Waals surface area contributed by atoms with Crippen LogP contribution in [0.3, 0.4) is 0 Å². The Kier molecular flexibility index (Phi) is 6.80. The topological polar surface area (TPSA) is 78.9 Å². The van der Waals surface area contributed by atoms with Crippen LogP contribution in [0.1, 0.15) is 5.56 Å². The molecule has 0 aliphatic heterocycles. The summed E-state index contributed by atoms with van der Waals surface area (Å²) in [6, 6.07) is 17.9. The highest BCUT2D eigenvalue weighted by Gasteiger charge is 2.17. The van der Waals surface area contributed by atoms with E-state index in [4.69, 9.17) is 30.5 Å². The molecule has 0 unspecified atom stereocenters. The van der Waals surface area contributed by atoms with Gasteiger partial charge in [-0.1, -0.05) is 36.4 Å². The van der Waals surface area contributed by atoms with Crippen molar-refractivity contribution in [2.24, 2.45) is 5.10 Å². The van der Waals surface area contributed by atoms with Gasteiger partial charge in [-0.05, 0) is 76.7 Å². The van der Waals surface area contributed by atoms with Gasteiger partial charge in [-0.25, -0.2) is 4.98 Å². The van der Waals surface area contributed by atoms with Gasteiger partial charge < -0.3 is 13.9 Å². The Hall–Kier alpha value is -3.63. The molecule has 2 aromatic heterocycles. The van der Waals surface area contributed by atoms with E-state index in [2.05, 4.69) is 34.3 Å². The maximum absolute atomic E-state index is 13.5. The molecule has 0 saturated carbocycles. The average molecular weight is 612 g/mol. The molecule has 0 atom stereocenters. The van der Waals surface area contributed by atoms with Gasteiger partial charge in [0.2, 0.25) is 5.82 Å². The van der Waals surface area contributed by atoms with E-state index >= 15 is 0 Å². The van der Waals surface area contributed by atoms with E-state index in [9.17, 15) is 4.79 Å². The van der Waals surface area contributed by atoms with Gasteiger partial charge in [-0.15, -0.1) is 0 Å². The zero-order chi connectivity index (χ0) is 25.2. The third-order valence-corrected chi connectivity index (χ3v) is 6.41. The first-order valence-electron chi connectivity index (χ1n) is 10.9. The molecule has 0 fully saturated rings. The molecule has 7 nitrogen and oxygen atoms in total. The van der Waals surface area contributed by atoms with Crippen LogP contribution in [0.2, 0.25) is 5.02 Å². The van der Waals surface area contributed by atoms with Crippen molar-refractivity contribution in [2.75, 3.05) is 13.7 Å². The van der Waals surface area contributed by atoms with E-state index in [1.165, 1.54) is 4.68 Å². The Morgan fingerprint density at radius 2 is 2.03 bits per heavy atom. The minimum atomic E-state index is -0.321. The smallest absolute Gasteiger partial charge is 0.282 e. The number of rotatable bonds is 7. The normalized spacial score (nSPS) is 11.4. The molecule has 0 amide bonds. The van der Waals surface area contributed by atoms with Crippen molar-refractivity contribution < 1.29 is 13.9 Å². The van der Waals surface area contributed by atoms with Crippen molar-refractivity contribution in [3.63, 3.8) is 0 Å². The summed E-state index contributed by atoms with van der Waals surface area (Å²) in [4.78, 5) is 18.2. The zero-order valence-electron chi connectivity index (χ0n) is 19.1. The standard InChI is InChI=1S/C27H19ClIN3O4/c1-3-10-35-25-20(29)11-16(12-23(25)34-2)15-30-32-26(31-21-7-5-4-6-19(21)27(32)33)24-14-17-13-18(28)8-9-22(17)36-24/h3-9,11-15H,1,10H2,2H3. The number of nitrogens with zero attached hydrogens (tertiary/aromatic N) is 3. The Balaban J connectivity index is 1.66. The molecule has 0 aliphatic rings. The maximum Gasteiger partial charge on any atom is 0.282 e. The number of fused-ring (bicyclic) bond motifs is 2. The number of ether oxygens (including phenoxy) is 2. The molecular weight excluding hydrogens is 593 g/mol. The Morgan fingerprint density at radius 3 is 2.83 bits per heavy atom. The third-order valence-electron chi connectivity index (χ3n) is 5.37. The molecule has 0 radical (unpaired) electrons. The van der Waals surface area contributed by atoms with E-state index in [1.54, 1.807) is 67.9 Å². The number of methoxy groups -OCH3 is 1. The van der Waals surface area contributed by atoms with E-state index in [1.807, 2.05) is 12.1 Å². The SMILES string of the molecule is C=CCOc1c(I)cc(C=Nn2c(-c3cc4cc(Cl)ccc4o3)nc3ccccc3c2=O)cc1OC. The second-order valence-electron chi connectivity index (χ2n) is 7.74. The summed E-state index contributed by atoms with van der Waals surface area (Å²) in [5.74, 6) is 1.83.